The first-order chi connectivity index (χ1) is 8.79. The quantitative estimate of drug-likeness (QED) is 0.783. The lowest BCUT2D eigenvalue weighted by Gasteiger charge is -2.23. The van der Waals surface area contributed by atoms with Gasteiger partial charge in [0.25, 0.3) is 0 Å². The Bertz CT molecular complexity index is 512. The van der Waals surface area contributed by atoms with Crippen LogP contribution in [0.2, 0.25) is 0 Å². The minimum Gasteiger partial charge on any atom is -0.377 e. The molecule has 0 aliphatic rings. The number of nitrogens with two attached hydrogens (primary N) is 1. The molecule has 5 nitrogen and oxygen atoms in total. The zero-order chi connectivity index (χ0) is 14.5. The maximum atomic E-state index is 12.0. The molecule has 0 aromatic heterocycles. The highest BCUT2D eigenvalue weighted by atomic mass is 32.2. The van der Waals surface area contributed by atoms with Gasteiger partial charge in [-0.25, -0.2) is 13.1 Å². The van der Waals surface area contributed by atoms with Crippen LogP contribution in [0.25, 0.3) is 0 Å². The summed E-state index contributed by atoms with van der Waals surface area (Å²) in [6.07, 6.45) is 0. The molecule has 0 aliphatic heterocycles. The van der Waals surface area contributed by atoms with Crippen molar-refractivity contribution in [2.75, 3.05) is 13.7 Å². The van der Waals surface area contributed by atoms with Crippen LogP contribution in [0, 0.1) is 0 Å². The fraction of sp³-hybridized carbons (Fsp3) is 0.538. The summed E-state index contributed by atoms with van der Waals surface area (Å²) in [5, 5.41) is 0. The normalized spacial score (nSPS) is 12.6. The number of nitrogens with one attached hydrogen (secondary N) is 1. The van der Waals surface area contributed by atoms with Gasteiger partial charge >= 0.3 is 0 Å². The summed E-state index contributed by atoms with van der Waals surface area (Å²) in [6, 6.07) is 7.27. The number of rotatable bonds is 7. The fourth-order valence-electron chi connectivity index (χ4n) is 1.51. The average molecular weight is 286 g/mol. The predicted molar refractivity (Wildman–Crippen MR) is 76.0 cm³/mol. The number of benzene rings is 1. The molecule has 0 amide bonds. The van der Waals surface area contributed by atoms with E-state index in [0.29, 0.717) is 6.54 Å². The molecule has 0 heterocycles. The first-order valence-electron chi connectivity index (χ1n) is 6.09. The zero-order valence-electron chi connectivity index (χ0n) is 11.6. The van der Waals surface area contributed by atoms with E-state index in [1.54, 1.807) is 13.2 Å². The van der Waals surface area contributed by atoms with Crippen molar-refractivity contribution in [2.24, 2.45) is 5.73 Å². The average Bonchev–Trinajstić information content (AvgIpc) is 2.37. The van der Waals surface area contributed by atoms with Crippen LogP contribution in [-0.2, 0) is 27.1 Å². The van der Waals surface area contributed by atoms with Gasteiger partial charge in [0, 0.05) is 20.2 Å². The molecule has 0 atom stereocenters. The van der Waals surface area contributed by atoms with Gasteiger partial charge < -0.3 is 10.5 Å². The summed E-state index contributed by atoms with van der Waals surface area (Å²) < 4.78 is 31.8. The van der Waals surface area contributed by atoms with Crippen LogP contribution in [0.15, 0.2) is 24.3 Å². The van der Waals surface area contributed by atoms with Crippen molar-refractivity contribution in [1.29, 1.82) is 0 Å². The van der Waals surface area contributed by atoms with Gasteiger partial charge in [0.1, 0.15) is 0 Å². The predicted octanol–water partition coefficient (Wildman–Crippen LogP) is 0.990. The number of hydrogen-bond acceptors (Lipinski definition) is 4. The Hall–Kier alpha value is -0.950. The molecule has 108 valence electrons. The zero-order valence-corrected chi connectivity index (χ0v) is 12.5. The highest BCUT2D eigenvalue weighted by Gasteiger charge is 2.21. The molecule has 0 unspecified atom stereocenters. The molecule has 0 radical (unpaired) electrons. The minimum atomic E-state index is -3.40. The van der Waals surface area contributed by atoms with Gasteiger partial charge in [0.05, 0.1) is 11.4 Å². The molecular weight excluding hydrogens is 264 g/mol. The number of ether oxygens (including phenoxy) is 1. The smallest absolute Gasteiger partial charge is 0.215 e. The lowest BCUT2D eigenvalue weighted by Crippen LogP contribution is -2.40. The number of methoxy groups -OCH3 is 1. The van der Waals surface area contributed by atoms with Crippen molar-refractivity contribution in [3.05, 3.63) is 35.4 Å². The number of hydrogen-bond donors (Lipinski definition) is 2. The van der Waals surface area contributed by atoms with Crippen LogP contribution >= 0.6 is 0 Å². The van der Waals surface area contributed by atoms with Gasteiger partial charge in [0.2, 0.25) is 10.0 Å². The van der Waals surface area contributed by atoms with Crippen LogP contribution in [0.5, 0.6) is 0 Å². The fourth-order valence-corrected chi connectivity index (χ4v) is 2.87. The summed E-state index contributed by atoms with van der Waals surface area (Å²) in [6.45, 7) is 4.21. The van der Waals surface area contributed by atoms with E-state index in [1.807, 2.05) is 32.0 Å². The topological polar surface area (TPSA) is 81.4 Å². The standard InChI is InChI=1S/C13H22N2O3S/c1-13(2,18-3)10-15-19(16,17)9-12-7-5-4-6-11(12)8-14/h4-7,15H,8-10,14H2,1-3H3. The van der Waals surface area contributed by atoms with Crippen LogP contribution in [0.1, 0.15) is 25.0 Å². The molecule has 0 bridgehead atoms. The second kappa shape index (κ2) is 6.47. The van der Waals surface area contributed by atoms with E-state index in [9.17, 15) is 8.42 Å². The summed E-state index contributed by atoms with van der Waals surface area (Å²) in [5.74, 6) is -0.0693. The van der Waals surface area contributed by atoms with E-state index in [-0.39, 0.29) is 12.3 Å². The minimum absolute atomic E-state index is 0.0693. The Kier molecular flexibility index (Phi) is 5.49. The molecule has 1 aromatic carbocycles. The van der Waals surface area contributed by atoms with Gasteiger partial charge in [0.15, 0.2) is 0 Å². The summed E-state index contributed by atoms with van der Waals surface area (Å²) in [4.78, 5) is 0. The van der Waals surface area contributed by atoms with E-state index in [1.165, 1.54) is 0 Å². The van der Waals surface area contributed by atoms with Gasteiger partial charge in [-0.05, 0) is 25.0 Å². The van der Waals surface area contributed by atoms with Crippen LogP contribution in [-0.4, -0.2) is 27.7 Å². The third-order valence-corrected chi connectivity index (χ3v) is 4.23. The van der Waals surface area contributed by atoms with E-state index in [4.69, 9.17) is 10.5 Å². The third kappa shape index (κ3) is 5.28. The highest BCUT2D eigenvalue weighted by Crippen LogP contribution is 2.12. The molecule has 0 fully saturated rings. The number of sulfonamides is 1. The first kappa shape index (κ1) is 16.1. The SMILES string of the molecule is COC(C)(C)CNS(=O)(=O)Cc1ccccc1CN. The molecule has 19 heavy (non-hydrogen) atoms. The van der Waals surface area contributed by atoms with Gasteiger partial charge in [-0.3, -0.25) is 0 Å². The molecule has 1 aromatic rings. The van der Waals surface area contributed by atoms with Crippen molar-refractivity contribution < 1.29 is 13.2 Å². The summed E-state index contributed by atoms with van der Waals surface area (Å²) in [7, 11) is -1.84. The monoisotopic (exact) mass is 286 g/mol. The third-order valence-electron chi connectivity index (χ3n) is 2.95. The summed E-state index contributed by atoms with van der Waals surface area (Å²) in [5.41, 5.74) is 6.65. The molecule has 3 N–H and O–H groups in total. The molecule has 0 spiro atoms. The van der Waals surface area contributed by atoms with Crippen LogP contribution < -0.4 is 10.5 Å². The van der Waals surface area contributed by atoms with E-state index in [0.717, 1.165) is 11.1 Å². The lowest BCUT2D eigenvalue weighted by atomic mass is 10.1. The Morgan fingerprint density at radius 3 is 2.37 bits per heavy atom. The van der Waals surface area contributed by atoms with Crippen molar-refractivity contribution >= 4 is 10.0 Å². The van der Waals surface area contributed by atoms with Crippen molar-refractivity contribution in [1.82, 2.24) is 4.72 Å². The van der Waals surface area contributed by atoms with Gasteiger partial charge in [-0.1, -0.05) is 24.3 Å². The first-order valence-corrected chi connectivity index (χ1v) is 7.74. The highest BCUT2D eigenvalue weighted by molar-refractivity contribution is 7.88. The molecule has 6 heteroatoms. The Morgan fingerprint density at radius 1 is 1.26 bits per heavy atom. The Labute approximate surface area is 115 Å². The summed E-state index contributed by atoms with van der Waals surface area (Å²) >= 11 is 0. The molecule has 0 saturated carbocycles. The van der Waals surface area contributed by atoms with E-state index in [2.05, 4.69) is 4.72 Å². The molecule has 0 aliphatic carbocycles. The van der Waals surface area contributed by atoms with Gasteiger partial charge in [-0.15, -0.1) is 0 Å². The van der Waals surface area contributed by atoms with Crippen molar-refractivity contribution in [3.8, 4) is 0 Å². The second-order valence-electron chi connectivity index (χ2n) is 5.02. The van der Waals surface area contributed by atoms with Gasteiger partial charge in [-0.2, -0.15) is 0 Å². The Balaban J connectivity index is 2.75. The van der Waals surface area contributed by atoms with Crippen molar-refractivity contribution in [3.63, 3.8) is 0 Å². The van der Waals surface area contributed by atoms with E-state index < -0.39 is 15.6 Å². The molecule has 1 rings (SSSR count). The van der Waals surface area contributed by atoms with Crippen LogP contribution in [0.3, 0.4) is 0 Å². The lowest BCUT2D eigenvalue weighted by molar-refractivity contribution is 0.0276. The largest absolute Gasteiger partial charge is 0.377 e. The Morgan fingerprint density at radius 2 is 1.84 bits per heavy atom. The van der Waals surface area contributed by atoms with E-state index >= 15 is 0 Å². The molecular formula is C13H22N2O3S. The maximum absolute atomic E-state index is 12.0. The van der Waals surface area contributed by atoms with Crippen molar-refractivity contribution in [2.45, 2.75) is 31.7 Å². The molecule has 0 saturated heterocycles. The maximum Gasteiger partial charge on any atom is 0.215 e. The second-order valence-corrected chi connectivity index (χ2v) is 6.82. The van der Waals surface area contributed by atoms with Crippen LogP contribution in [0.4, 0.5) is 0 Å².